The second kappa shape index (κ2) is 5.41. The molecular formula is C19H20N2O5. The van der Waals surface area contributed by atoms with E-state index in [0.29, 0.717) is 40.9 Å². The minimum absolute atomic E-state index is 0.263. The van der Waals surface area contributed by atoms with Crippen molar-refractivity contribution in [2.24, 2.45) is 0 Å². The molecule has 1 atom stereocenters. The number of esters is 1. The molecule has 4 rings (SSSR count). The molecule has 1 aliphatic heterocycles. The van der Waals surface area contributed by atoms with Crippen LogP contribution in [0.25, 0.3) is 10.9 Å². The van der Waals surface area contributed by atoms with E-state index >= 15 is 0 Å². The van der Waals surface area contributed by atoms with Crippen LogP contribution in [0.1, 0.15) is 53.2 Å². The van der Waals surface area contributed by atoms with E-state index < -0.39 is 29.2 Å². The summed E-state index contributed by atoms with van der Waals surface area (Å²) >= 11 is 0. The number of aromatic nitrogens is 1. The number of carbonyl (C=O) groups excluding carboxylic acids is 3. The van der Waals surface area contributed by atoms with Crippen molar-refractivity contribution < 1.29 is 23.9 Å². The van der Waals surface area contributed by atoms with E-state index in [1.54, 1.807) is 16.7 Å². The monoisotopic (exact) mass is 356 g/mol. The topological polar surface area (TPSA) is 86.6 Å². The van der Waals surface area contributed by atoms with Crippen molar-refractivity contribution >= 4 is 28.4 Å². The Morgan fingerprint density at radius 3 is 2.62 bits per heavy atom. The summed E-state index contributed by atoms with van der Waals surface area (Å²) in [5.41, 5.74) is 1.34. The van der Waals surface area contributed by atoms with E-state index in [4.69, 9.17) is 9.47 Å². The molecule has 2 bridgehead atoms. The van der Waals surface area contributed by atoms with Crippen LogP contribution in [0.4, 0.5) is 0 Å². The minimum Gasteiger partial charge on any atom is -0.494 e. The summed E-state index contributed by atoms with van der Waals surface area (Å²) in [7, 11) is 1.48. The first kappa shape index (κ1) is 16.8. The molecule has 0 saturated heterocycles. The Kier molecular flexibility index (Phi) is 3.49. The van der Waals surface area contributed by atoms with Gasteiger partial charge in [-0.15, -0.1) is 0 Å². The first-order valence-corrected chi connectivity index (χ1v) is 8.53. The summed E-state index contributed by atoms with van der Waals surface area (Å²) in [6, 6.07) is 2.64. The number of carbonyl (C=O) groups is 3. The van der Waals surface area contributed by atoms with Gasteiger partial charge in [0.1, 0.15) is 17.3 Å². The van der Waals surface area contributed by atoms with Crippen molar-refractivity contribution in [1.29, 1.82) is 0 Å². The van der Waals surface area contributed by atoms with E-state index in [0.717, 1.165) is 0 Å². The smallest absolute Gasteiger partial charge is 0.328 e. The molecule has 1 aromatic carbocycles. The van der Waals surface area contributed by atoms with Crippen molar-refractivity contribution in [2.45, 2.75) is 39.0 Å². The first-order chi connectivity index (χ1) is 12.2. The van der Waals surface area contributed by atoms with Crippen LogP contribution in [0.5, 0.6) is 5.75 Å². The number of ether oxygens (including phenoxy) is 2. The fourth-order valence-corrected chi connectivity index (χ4v) is 3.78. The summed E-state index contributed by atoms with van der Waals surface area (Å²) in [6.45, 7) is 6.35. The number of hydrogen-bond acceptors (Lipinski definition) is 6. The predicted octanol–water partition coefficient (Wildman–Crippen LogP) is 2.01. The molecule has 1 aromatic heterocycles. The van der Waals surface area contributed by atoms with Gasteiger partial charge in [-0.1, -0.05) is 6.07 Å². The Balaban J connectivity index is 1.98. The van der Waals surface area contributed by atoms with E-state index in [2.05, 4.69) is 5.32 Å². The number of Topliss-reactive ketones (excluding diaryl/α,β-unsaturated/α-hetero) is 2. The Labute approximate surface area is 150 Å². The number of fused-ring (bicyclic) bond motifs is 2. The normalized spacial score (nSPS) is 19.0. The molecule has 1 unspecified atom stereocenters. The number of nitrogens with one attached hydrogen (secondary N) is 1. The van der Waals surface area contributed by atoms with Crippen molar-refractivity contribution in [3.63, 3.8) is 0 Å². The average molecular weight is 356 g/mol. The molecule has 0 fully saturated rings. The molecule has 136 valence electrons. The van der Waals surface area contributed by atoms with Crippen LogP contribution in [0, 0.1) is 0 Å². The van der Waals surface area contributed by atoms with Gasteiger partial charge in [-0.05, 0) is 26.8 Å². The zero-order valence-corrected chi connectivity index (χ0v) is 15.1. The van der Waals surface area contributed by atoms with Crippen molar-refractivity contribution in [3.05, 3.63) is 29.0 Å². The lowest BCUT2D eigenvalue weighted by Crippen LogP contribution is -2.35. The maximum atomic E-state index is 12.7. The van der Waals surface area contributed by atoms with E-state index in [1.807, 2.05) is 20.8 Å². The molecule has 0 saturated carbocycles. The number of nitrogens with zero attached hydrogens (tertiary/aromatic N) is 1. The third-order valence-electron chi connectivity index (χ3n) is 4.70. The molecule has 7 heteroatoms. The summed E-state index contributed by atoms with van der Waals surface area (Å²) in [5, 5.41) is 3.80. The van der Waals surface area contributed by atoms with Gasteiger partial charge in [0.25, 0.3) is 5.78 Å². The molecule has 2 heterocycles. The highest BCUT2D eigenvalue weighted by Gasteiger charge is 2.41. The summed E-state index contributed by atoms with van der Waals surface area (Å²) in [4.78, 5) is 37.8. The molecule has 7 nitrogen and oxygen atoms in total. The van der Waals surface area contributed by atoms with Gasteiger partial charge < -0.3 is 14.0 Å². The first-order valence-electron chi connectivity index (χ1n) is 8.53. The molecule has 0 radical (unpaired) electrons. The third kappa shape index (κ3) is 2.20. The standard InChI is InChI=1S/C19H20N2O5/c1-19(2,3)26-18(24)12-10-6-5-9-11-13(10)21(8-7-20-12)14(17(11)25-4)16(23)15(9)22/h5-6,12,20H,7-8H2,1-4H3. The lowest BCUT2D eigenvalue weighted by molar-refractivity contribution is -0.157. The van der Waals surface area contributed by atoms with E-state index in [-0.39, 0.29) is 5.69 Å². The van der Waals surface area contributed by atoms with Crippen molar-refractivity contribution in [2.75, 3.05) is 13.7 Å². The molecular weight excluding hydrogens is 336 g/mol. The minimum atomic E-state index is -0.678. The largest absolute Gasteiger partial charge is 0.494 e. The van der Waals surface area contributed by atoms with Gasteiger partial charge in [0.2, 0.25) is 5.78 Å². The number of ketones is 2. The number of rotatable bonds is 2. The van der Waals surface area contributed by atoms with Crippen molar-refractivity contribution in [1.82, 2.24) is 9.88 Å². The van der Waals surface area contributed by atoms with Gasteiger partial charge in [-0.25, -0.2) is 4.79 Å². The van der Waals surface area contributed by atoms with Crippen LogP contribution >= 0.6 is 0 Å². The highest BCUT2D eigenvalue weighted by atomic mass is 16.6. The van der Waals surface area contributed by atoms with Gasteiger partial charge in [-0.2, -0.15) is 0 Å². The van der Waals surface area contributed by atoms with Gasteiger partial charge >= 0.3 is 5.97 Å². The molecule has 0 amide bonds. The van der Waals surface area contributed by atoms with E-state index in [9.17, 15) is 14.4 Å². The van der Waals surface area contributed by atoms with Crippen LogP contribution in [0.3, 0.4) is 0 Å². The fourth-order valence-electron chi connectivity index (χ4n) is 3.78. The quantitative estimate of drug-likeness (QED) is 0.654. The average Bonchev–Trinajstić information content (AvgIpc) is 2.72. The highest BCUT2D eigenvalue weighted by molar-refractivity contribution is 6.54. The molecule has 2 aliphatic rings. The number of methoxy groups -OCH3 is 1. The number of benzene rings is 1. The zero-order chi connectivity index (χ0) is 18.8. The van der Waals surface area contributed by atoms with E-state index in [1.165, 1.54) is 7.11 Å². The molecule has 0 spiro atoms. The second-order valence-corrected chi connectivity index (χ2v) is 7.54. The fraction of sp³-hybridized carbons (Fsp3) is 0.421. The zero-order valence-electron chi connectivity index (χ0n) is 15.1. The van der Waals surface area contributed by atoms with Crippen LogP contribution in [-0.2, 0) is 16.1 Å². The van der Waals surface area contributed by atoms with Crippen LogP contribution < -0.4 is 10.1 Å². The Bertz CT molecular complexity index is 980. The maximum absolute atomic E-state index is 12.7. The lowest BCUT2D eigenvalue weighted by Gasteiger charge is -2.24. The predicted molar refractivity (Wildman–Crippen MR) is 93.7 cm³/mol. The molecule has 1 N–H and O–H groups in total. The highest BCUT2D eigenvalue weighted by Crippen LogP contribution is 2.44. The van der Waals surface area contributed by atoms with Crippen LogP contribution in [0.15, 0.2) is 12.1 Å². The molecule has 26 heavy (non-hydrogen) atoms. The summed E-state index contributed by atoms with van der Waals surface area (Å²) in [5.74, 6) is -1.09. The van der Waals surface area contributed by atoms with Crippen molar-refractivity contribution in [3.8, 4) is 5.75 Å². The van der Waals surface area contributed by atoms with Gasteiger partial charge in [0.05, 0.1) is 18.0 Å². The van der Waals surface area contributed by atoms with Gasteiger partial charge in [-0.3, -0.25) is 14.9 Å². The molecule has 2 aromatic rings. The Hall–Kier alpha value is -2.67. The Morgan fingerprint density at radius 2 is 1.96 bits per heavy atom. The SMILES string of the molecule is COc1c2n3c4c(ccc(c14)C(=O)C2=O)C(C(=O)OC(C)(C)C)NCC3. The van der Waals surface area contributed by atoms with Gasteiger partial charge in [0, 0.05) is 24.2 Å². The maximum Gasteiger partial charge on any atom is 0.328 e. The second-order valence-electron chi connectivity index (χ2n) is 7.54. The summed E-state index contributed by atoms with van der Waals surface area (Å²) < 4.78 is 12.8. The lowest BCUT2D eigenvalue weighted by atomic mass is 9.93. The third-order valence-corrected chi connectivity index (χ3v) is 4.70. The van der Waals surface area contributed by atoms with Crippen LogP contribution in [-0.4, -0.2) is 41.4 Å². The van der Waals surface area contributed by atoms with Gasteiger partial charge in [0.15, 0.2) is 5.75 Å². The Morgan fingerprint density at radius 1 is 1.23 bits per heavy atom. The molecule has 1 aliphatic carbocycles. The number of hydrogen-bond donors (Lipinski definition) is 1. The van der Waals surface area contributed by atoms with Crippen LogP contribution in [0.2, 0.25) is 0 Å². The summed E-state index contributed by atoms with van der Waals surface area (Å²) in [6.07, 6.45) is 0.